The predicted octanol–water partition coefficient (Wildman–Crippen LogP) is 3.61. The van der Waals surface area contributed by atoms with Crippen LogP contribution in [0.4, 0.5) is 18.9 Å². The van der Waals surface area contributed by atoms with Crippen LogP contribution in [0.15, 0.2) is 59.7 Å². The molecule has 2 heterocycles. The summed E-state index contributed by atoms with van der Waals surface area (Å²) in [5, 5.41) is 2.89. The second kappa shape index (κ2) is 7.38. The molecule has 0 atom stereocenters. The van der Waals surface area contributed by atoms with Gasteiger partial charge >= 0.3 is 6.18 Å². The van der Waals surface area contributed by atoms with Gasteiger partial charge in [-0.05, 0) is 24.3 Å². The topological polar surface area (TPSA) is 81.8 Å². The highest BCUT2D eigenvalue weighted by Gasteiger charge is 2.30. The summed E-state index contributed by atoms with van der Waals surface area (Å²) in [6.45, 7) is 0. The molecule has 0 aliphatic carbocycles. The minimum absolute atomic E-state index is 0.0438. The fraction of sp³-hybridized carbons (Fsp3) is 0.143. The van der Waals surface area contributed by atoms with Crippen molar-refractivity contribution in [3.63, 3.8) is 0 Å². The highest BCUT2D eigenvalue weighted by Crippen LogP contribution is 2.32. The van der Waals surface area contributed by atoms with Gasteiger partial charge in [-0.1, -0.05) is 18.2 Å². The SMILES string of the molecule is Cn1ccnc1C(=O)Nc1cccc2c(=O)n(C)c(-c3cccc(C(F)(F)F)c3)nc12. The van der Waals surface area contributed by atoms with Crippen molar-refractivity contribution in [2.75, 3.05) is 5.32 Å². The molecular formula is C21H16F3N5O2. The van der Waals surface area contributed by atoms with Crippen LogP contribution in [0.2, 0.25) is 0 Å². The maximum Gasteiger partial charge on any atom is 0.416 e. The lowest BCUT2D eigenvalue weighted by Gasteiger charge is -2.14. The first-order valence-corrected chi connectivity index (χ1v) is 9.13. The van der Waals surface area contributed by atoms with Gasteiger partial charge in [0.15, 0.2) is 5.82 Å². The Morgan fingerprint density at radius 2 is 1.84 bits per heavy atom. The molecule has 0 radical (unpaired) electrons. The zero-order valence-corrected chi connectivity index (χ0v) is 16.4. The van der Waals surface area contributed by atoms with Gasteiger partial charge in [-0.3, -0.25) is 14.2 Å². The molecule has 1 amide bonds. The molecule has 0 aliphatic heterocycles. The van der Waals surface area contributed by atoms with Crippen molar-refractivity contribution >= 4 is 22.5 Å². The van der Waals surface area contributed by atoms with Crippen molar-refractivity contribution in [2.24, 2.45) is 14.1 Å². The molecule has 4 aromatic rings. The van der Waals surface area contributed by atoms with E-state index in [9.17, 15) is 22.8 Å². The van der Waals surface area contributed by atoms with Crippen LogP contribution in [0.1, 0.15) is 16.2 Å². The molecule has 0 saturated heterocycles. The van der Waals surface area contributed by atoms with Crippen LogP contribution in [-0.4, -0.2) is 25.0 Å². The van der Waals surface area contributed by atoms with E-state index in [1.54, 1.807) is 25.4 Å². The number of carbonyl (C=O) groups is 1. The van der Waals surface area contributed by atoms with E-state index in [0.717, 1.165) is 12.1 Å². The average Bonchev–Trinajstić information content (AvgIpc) is 3.16. The summed E-state index contributed by atoms with van der Waals surface area (Å²) in [6.07, 6.45) is -1.46. The number of benzene rings is 2. The maximum atomic E-state index is 13.1. The number of amides is 1. The van der Waals surface area contributed by atoms with E-state index in [2.05, 4.69) is 15.3 Å². The first-order chi connectivity index (χ1) is 14.7. The summed E-state index contributed by atoms with van der Waals surface area (Å²) in [4.78, 5) is 33.9. The number of para-hydroxylation sites is 1. The van der Waals surface area contributed by atoms with Gasteiger partial charge in [0.25, 0.3) is 11.5 Å². The molecule has 2 aromatic heterocycles. The van der Waals surface area contributed by atoms with Crippen LogP contribution < -0.4 is 10.9 Å². The minimum Gasteiger partial charge on any atom is -0.330 e. The van der Waals surface area contributed by atoms with E-state index in [1.165, 1.54) is 40.6 Å². The molecular weight excluding hydrogens is 411 g/mol. The molecule has 31 heavy (non-hydrogen) atoms. The van der Waals surface area contributed by atoms with Gasteiger partial charge in [-0.2, -0.15) is 13.2 Å². The van der Waals surface area contributed by atoms with Crippen molar-refractivity contribution in [1.29, 1.82) is 0 Å². The zero-order valence-electron chi connectivity index (χ0n) is 16.4. The third-order valence-electron chi connectivity index (χ3n) is 4.83. The quantitative estimate of drug-likeness (QED) is 0.542. The number of rotatable bonds is 3. The highest BCUT2D eigenvalue weighted by molar-refractivity contribution is 6.06. The Labute approximate surface area is 173 Å². The summed E-state index contributed by atoms with van der Waals surface area (Å²) < 4.78 is 42.2. The van der Waals surface area contributed by atoms with Crippen molar-refractivity contribution in [1.82, 2.24) is 19.1 Å². The maximum absolute atomic E-state index is 13.1. The molecule has 7 nitrogen and oxygen atoms in total. The Morgan fingerprint density at radius 3 is 2.52 bits per heavy atom. The smallest absolute Gasteiger partial charge is 0.330 e. The molecule has 0 spiro atoms. The van der Waals surface area contributed by atoms with Gasteiger partial charge in [-0.15, -0.1) is 0 Å². The summed E-state index contributed by atoms with van der Waals surface area (Å²) >= 11 is 0. The highest BCUT2D eigenvalue weighted by atomic mass is 19.4. The van der Waals surface area contributed by atoms with Crippen LogP contribution in [0.5, 0.6) is 0 Å². The van der Waals surface area contributed by atoms with Gasteiger partial charge in [-0.25, -0.2) is 9.97 Å². The number of nitrogens with zero attached hydrogens (tertiary/aromatic N) is 4. The van der Waals surface area contributed by atoms with Gasteiger partial charge in [0.1, 0.15) is 11.3 Å². The first kappa shape index (κ1) is 20.3. The van der Waals surface area contributed by atoms with E-state index in [1.807, 2.05) is 0 Å². The normalized spacial score (nSPS) is 11.6. The Bertz CT molecular complexity index is 1370. The Kier molecular flexibility index (Phi) is 4.84. The molecule has 0 fully saturated rings. The van der Waals surface area contributed by atoms with Gasteiger partial charge in [0.2, 0.25) is 0 Å². The number of aryl methyl sites for hydroxylation is 1. The van der Waals surface area contributed by atoms with Crippen molar-refractivity contribution in [3.8, 4) is 11.4 Å². The van der Waals surface area contributed by atoms with E-state index in [0.29, 0.717) is 0 Å². The summed E-state index contributed by atoms with van der Waals surface area (Å²) in [7, 11) is 3.09. The number of hydrogen-bond acceptors (Lipinski definition) is 4. The molecule has 0 bridgehead atoms. The third-order valence-corrected chi connectivity index (χ3v) is 4.83. The van der Waals surface area contributed by atoms with Gasteiger partial charge < -0.3 is 9.88 Å². The Balaban J connectivity index is 1.87. The number of carbonyl (C=O) groups excluding carboxylic acids is 1. The van der Waals surface area contributed by atoms with Crippen molar-refractivity contribution in [3.05, 3.63) is 76.6 Å². The number of nitrogens with one attached hydrogen (secondary N) is 1. The fourth-order valence-electron chi connectivity index (χ4n) is 3.25. The number of imidazole rings is 1. The van der Waals surface area contributed by atoms with Crippen molar-refractivity contribution in [2.45, 2.75) is 6.18 Å². The molecule has 2 aromatic carbocycles. The molecule has 0 unspecified atom stereocenters. The Morgan fingerprint density at radius 1 is 1.10 bits per heavy atom. The first-order valence-electron chi connectivity index (χ1n) is 9.13. The number of alkyl halides is 3. The van der Waals surface area contributed by atoms with Crippen molar-refractivity contribution < 1.29 is 18.0 Å². The lowest BCUT2D eigenvalue weighted by Crippen LogP contribution is -2.22. The molecule has 10 heteroatoms. The van der Waals surface area contributed by atoms with Crippen LogP contribution >= 0.6 is 0 Å². The second-order valence-electron chi connectivity index (χ2n) is 6.90. The molecule has 0 saturated carbocycles. The van der Waals surface area contributed by atoms with E-state index >= 15 is 0 Å². The predicted molar refractivity (Wildman–Crippen MR) is 109 cm³/mol. The van der Waals surface area contributed by atoms with Crippen LogP contribution in [0.25, 0.3) is 22.3 Å². The minimum atomic E-state index is -4.53. The number of anilines is 1. The Hall–Kier alpha value is -3.95. The fourth-order valence-corrected chi connectivity index (χ4v) is 3.25. The standard InChI is InChI=1S/C21H16F3N5O2/c1-28-10-9-25-18(28)19(30)26-15-8-4-7-14-16(15)27-17(29(2)20(14)31)12-5-3-6-13(11-12)21(22,23)24/h3-11H,1-2H3,(H,26,30). The summed E-state index contributed by atoms with van der Waals surface area (Å²) in [6, 6.07) is 9.26. The number of aromatic nitrogens is 4. The average molecular weight is 427 g/mol. The largest absolute Gasteiger partial charge is 0.416 e. The van der Waals surface area contributed by atoms with Crippen LogP contribution in [-0.2, 0) is 20.3 Å². The number of fused-ring (bicyclic) bond motifs is 1. The van der Waals surface area contributed by atoms with Crippen LogP contribution in [0, 0.1) is 0 Å². The van der Waals surface area contributed by atoms with E-state index in [4.69, 9.17) is 0 Å². The molecule has 158 valence electrons. The zero-order chi connectivity index (χ0) is 22.3. The van der Waals surface area contributed by atoms with E-state index < -0.39 is 23.2 Å². The van der Waals surface area contributed by atoms with Gasteiger partial charge in [0.05, 0.1) is 16.6 Å². The monoisotopic (exact) mass is 427 g/mol. The number of hydrogen-bond donors (Lipinski definition) is 1. The summed E-state index contributed by atoms with van der Waals surface area (Å²) in [5.41, 5.74) is -0.764. The second-order valence-corrected chi connectivity index (χ2v) is 6.90. The van der Waals surface area contributed by atoms with E-state index in [-0.39, 0.29) is 33.8 Å². The molecule has 0 aliphatic rings. The molecule has 1 N–H and O–H groups in total. The number of halogens is 3. The summed E-state index contributed by atoms with van der Waals surface area (Å²) in [5.74, 6) is -0.315. The molecule has 4 rings (SSSR count). The lowest BCUT2D eigenvalue weighted by atomic mass is 10.1. The lowest BCUT2D eigenvalue weighted by molar-refractivity contribution is -0.137. The van der Waals surface area contributed by atoms with Crippen LogP contribution in [0.3, 0.4) is 0 Å². The third kappa shape index (κ3) is 3.67. The van der Waals surface area contributed by atoms with Gasteiger partial charge in [0, 0.05) is 32.1 Å².